The largest absolute Gasteiger partial charge is 0.497 e. The number of carbonyl (C=O) groups excluding carboxylic acids is 1. The topological polar surface area (TPSA) is 43.3 Å². The Balaban J connectivity index is 2.00. The number of aryl methyl sites for hydroxylation is 1. The van der Waals surface area contributed by atoms with Gasteiger partial charge in [0.1, 0.15) is 5.75 Å². The number of nitrogens with zero attached hydrogens (tertiary/aromatic N) is 1. The van der Waals surface area contributed by atoms with Crippen LogP contribution in [0, 0.1) is 6.92 Å². The molecular weight excluding hydrogens is 300 g/mol. The normalized spacial score (nSPS) is 15.6. The van der Waals surface area contributed by atoms with E-state index in [0.717, 1.165) is 53.7 Å². The Morgan fingerprint density at radius 2 is 2.04 bits per heavy atom. The molecule has 1 fully saturated rings. The lowest BCUT2D eigenvalue weighted by molar-refractivity contribution is 0.0928. The molecule has 1 heterocycles. The summed E-state index contributed by atoms with van der Waals surface area (Å²) < 4.78 is 7.63. The summed E-state index contributed by atoms with van der Waals surface area (Å²) in [5.74, 6) is 0.857. The zero-order valence-corrected chi connectivity index (χ0v) is 15.0. The zero-order valence-electron chi connectivity index (χ0n) is 15.0. The van der Waals surface area contributed by atoms with Crippen LogP contribution in [0.15, 0.2) is 18.2 Å². The molecule has 24 heavy (non-hydrogen) atoms. The number of hydrogen-bond donors (Lipinski definition) is 1. The Kier molecular flexibility index (Phi) is 5.12. The third kappa shape index (κ3) is 3.14. The molecule has 1 aliphatic carbocycles. The molecular formula is C20H28N2O2. The standard InChI is InChI=1S/C20H28N2O2/c1-4-12-22-14(2)19(17-13-16(24-3)10-11-18(17)22)20(23)21-15-8-6-5-7-9-15/h10-11,13,15H,4-9,12H2,1-3H3,(H,21,23). The number of nitrogens with one attached hydrogen (secondary N) is 1. The molecule has 1 aliphatic rings. The highest BCUT2D eigenvalue weighted by atomic mass is 16.5. The van der Waals surface area contributed by atoms with E-state index in [4.69, 9.17) is 4.74 Å². The molecule has 0 radical (unpaired) electrons. The van der Waals surface area contributed by atoms with Crippen molar-refractivity contribution in [1.82, 2.24) is 9.88 Å². The van der Waals surface area contributed by atoms with Gasteiger partial charge < -0.3 is 14.6 Å². The molecule has 4 nitrogen and oxygen atoms in total. The average molecular weight is 328 g/mol. The molecule has 0 atom stereocenters. The Hall–Kier alpha value is -1.97. The first kappa shape index (κ1) is 16.9. The molecule has 130 valence electrons. The van der Waals surface area contributed by atoms with Crippen LogP contribution in [0.25, 0.3) is 10.9 Å². The lowest BCUT2D eigenvalue weighted by Gasteiger charge is -2.22. The smallest absolute Gasteiger partial charge is 0.253 e. The SMILES string of the molecule is CCCn1c(C)c(C(=O)NC2CCCCC2)c2cc(OC)ccc21. The average Bonchev–Trinajstić information content (AvgIpc) is 2.87. The minimum absolute atomic E-state index is 0.0625. The van der Waals surface area contributed by atoms with Gasteiger partial charge >= 0.3 is 0 Å². The minimum atomic E-state index is 0.0625. The molecule has 1 aromatic heterocycles. The van der Waals surface area contributed by atoms with E-state index >= 15 is 0 Å². The van der Waals surface area contributed by atoms with Crippen molar-refractivity contribution in [2.45, 2.75) is 65.0 Å². The predicted octanol–water partition coefficient (Wildman–Crippen LogP) is 4.43. The van der Waals surface area contributed by atoms with Crippen molar-refractivity contribution in [3.63, 3.8) is 0 Å². The first-order valence-electron chi connectivity index (χ1n) is 9.13. The number of rotatable bonds is 5. The Bertz CT molecular complexity index is 727. The zero-order chi connectivity index (χ0) is 17.1. The molecule has 0 spiro atoms. The van der Waals surface area contributed by atoms with Gasteiger partial charge in [-0.3, -0.25) is 4.79 Å². The first-order valence-corrected chi connectivity index (χ1v) is 9.13. The van der Waals surface area contributed by atoms with Crippen molar-refractivity contribution < 1.29 is 9.53 Å². The third-order valence-corrected chi connectivity index (χ3v) is 5.15. The van der Waals surface area contributed by atoms with Crippen LogP contribution in [-0.4, -0.2) is 23.6 Å². The number of carbonyl (C=O) groups is 1. The maximum Gasteiger partial charge on any atom is 0.253 e. The van der Waals surface area contributed by atoms with Gasteiger partial charge in [0.2, 0.25) is 0 Å². The summed E-state index contributed by atoms with van der Waals surface area (Å²) in [6, 6.07) is 6.34. The van der Waals surface area contributed by atoms with E-state index in [1.165, 1.54) is 19.3 Å². The summed E-state index contributed by atoms with van der Waals surface area (Å²) in [5.41, 5.74) is 2.97. The number of amides is 1. The van der Waals surface area contributed by atoms with Crippen LogP contribution < -0.4 is 10.1 Å². The number of fused-ring (bicyclic) bond motifs is 1. The van der Waals surface area contributed by atoms with Crippen molar-refractivity contribution in [1.29, 1.82) is 0 Å². The Morgan fingerprint density at radius 3 is 2.71 bits per heavy atom. The van der Waals surface area contributed by atoms with Gasteiger partial charge in [-0.2, -0.15) is 0 Å². The molecule has 0 saturated heterocycles. The summed E-state index contributed by atoms with van der Waals surface area (Å²) in [6.07, 6.45) is 6.97. The maximum atomic E-state index is 13.0. The monoisotopic (exact) mass is 328 g/mol. The summed E-state index contributed by atoms with van der Waals surface area (Å²) in [5, 5.41) is 4.26. The van der Waals surface area contributed by atoms with Gasteiger partial charge in [0.15, 0.2) is 0 Å². The molecule has 2 aromatic rings. The summed E-state index contributed by atoms with van der Waals surface area (Å²) in [7, 11) is 1.67. The van der Waals surface area contributed by atoms with Crippen LogP contribution in [0.1, 0.15) is 61.5 Å². The van der Waals surface area contributed by atoms with Crippen LogP contribution >= 0.6 is 0 Å². The van der Waals surface area contributed by atoms with Crippen molar-refractivity contribution >= 4 is 16.8 Å². The summed E-state index contributed by atoms with van der Waals surface area (Å²) in [6.45, 7) is 5.14. The van der Waals surface area contributed by atoms with E-state index in [-0.39, 0.29) is 5.91 Å². The van der Waals surface area contributed by atoms with Crippen molar-refractivity contribution in [3.8, 4) is 5.75 Å². The lowest BCUT2D eigenvalue weighted by atomic mass is 9.95. The number of methoxy groups -OCH3 is 1. The number of hydrogen-bond acceptors (Lipinski definition) is 2. The van der Waals surface area contributed by atoms with Crippen LogP contribution in [0.2, 0.25) is 0 Å². The molecule has 0 aliphatic heterocycles. The second-order valence-electron chi connectivity index (χ2n) is 6.80. The van der Waals surface area contributed by atoms with Crippen LogP contribution in [0.3, 0.4) is 0 Å². The maximum absolute atomic E-state index is 13.0. The molecule has 1 amide bonds. The Morgan fingerprint density at radius 1 is 1.29 bits per heavy atom. The number of ether oxygens (including phenoxy) is 1. The highest BCUT2D eigenvalue weighted by Gasteiger charge is 2.23. The minimum Gasteiger partial charge on any atom is -0.497 e. The van der Waals surface area contributed by atoms with Gasteiger partial charge in [0.05, 0.1) is 12.7 Å². The summed E-state index contributed by atoms with van der Waals surface area (Å²) in [4.78, 5) is 13.0. The van der Waals surface area contributed by atoms with E-state index in [0.29, 0.717) is 6.04 Å². The molecule has 1 aromatic carbocycles. The molecule has 3 rings (SSSR count). The van der Waals surface area contributed by atoms with Crippen LogP contribution in [0.5, 0.6) is 5.75 Å². The fourth-order valence-corrected chi connectivity index (χ4v) is 3.89. The second-order valence-corrected chi connectivity index (χ2v) is 6.80. The molecule has 0 bridgehead atoms. The fourth-order valence-electron chi connectivity index (χ4n) is 3.89. The van der Waals surface area contributed by atoms with Crippen molar-refractivity contribution in [2.24, 2.45) is 0 Å². The summed E-state index contributed by atoms with van der Waals surface area (Å²) >= 11 is 0. The lowest BCUT2D eigenvalue weighted by Crippen LogP contribution is -2.36. The van der Waals surface area contributed by atoms with Crippen LogP contribution in [0.4, 0.5) is 0 Å². The highest BCUT2D eigenvalue weighted by molar-refractivity contribution is 6.08. The van der Waals surface area contributed by atoms with E-state index in [9.17, 15) is 4.79 Å². The number of benzene rings is 1. The third-order valence-electron chi connectivity index (χ3n) is 5.15. The van der Waals surface area contributed by atoms with Crippen LogP contribution in [-0.2, 0) is 6.54 Å². The van der Waals surface area contributed by atoms with Gasteiger partial charge in [0, 0.05) is 29.2 Å². The van der Waals surface area contributed by atoms with Crippen molar-refractivity contribution in [2.75, 3.05) is 7.11 Å². The van der Waals surface area contributed by atoms with E-state index in [1.54, 1.807) is 7.11 Å². The highest BCUT2D eigenvalue weighted by Crippen LogP contribution is 2.30. The predicted molar refractivity (Wildman–Crippen MR) is 97.9 cm³/mol. The molecule has 1 N–H and O–H groups in total. The second kappa shape index (κ2) is 7.29. The van der Waals surface area contributed by atoms with Gasteiger partial charge in [-0.1, -0.05) is 26.2 Å². The van der Waals surface area contributed by atoms with Gasteiger partial charge in [-0.05, 0) is 44.4 Å². The first-order chi connectivity index (χ1) is 11.7. The molecule has 4 heteroatoms. The van der Waals surface area contributed by atoms with E-state index in [1.807, 2.05) is 12.1 Å². The Labute approximate surface area is 144 Å². The quantitative estimate of drug-likeness (QED) is 0.882. The molecule has 1 saturated carbocycles. The van der Waals surface area contributed by atoms with Gasteiger partial charge in [0.25, 0.3) is 5.91 Å². The fraction of sp³-hybridized carbons (Fsp3) is 0.550. The van der Waals surface area contributed by atoms with E-state index < -0.39 is 0 Å². The van der Waals surface area contributed by atoms with Crippen molar-refractivity contribution in [3.05, 3.63) is 29.5 Å². The van der Waals surface area contributed by atoms with Gasteiger partial charge in [-0.15, -0.1) is 0 Å². The number of aromatic nitrogens is 1. The van der Waals surface area contributed by atoms with E-state index in [2.05, 4.69) is 29.8 Å². The van der Waals surface area contributed by atoms with Gasteiger partial charge in [-0.25, -0.2) is 0 Å². The molecule has 0 unspecified atom stereocenters.